The minimum atomic E-state index is -0.289. The second kappa shape index (κ2) is 4.39. The van der Waals surface area contributed by atoms with Gasteiger partial charge in [-0.2, -0.15) is 15.0 Å². The van der Waals surface area contributed by atoms with E-state index in [1.807, 2.05) is 14.1 Å². The van der Waals surface area contributed by atoms with Crippen molar-refractivity contribution in [3.05, 3.63) is 5.82 Å². The zero-order valence-electron chi connectivity index (χ0n) is 8.32. The molecule has 0 saturated heterocycles. The highest BCUT2D eigenvalue weighted by molar-refractivity contribution is 6.20. The molecule has 7 heteroatoms. The van der Waals surface area contributed by atoms with Crippen LogP contribution in [0.3, 0.4) is 0 Å². The van der Waals surface area contributed by atoms with Crippen LogP contribution in [0.25, 0.3) is 0 Å². The van der Waals surface area contributed by atoms with Crippen LogP contribution in [0.4, 0.5) is 11.9 Å². The van der Waals surface area contributed by atoms with E-state index in [-0.39, 0.29) is 11.3 Å². The van der Waals surface area contributed by atoms with Gasteiger partial charge in [0.25, 0.3) is 0 Å². The molecule has 0 aromatic carbocycles. The van der Waals surface area contributed by atoms with Crippen molar-refractivity contribution in [2.45, 2.75) is 12.3 Å². The molecule has 0 aliphatic carbocycles. The average Bonchev–Trinajstić information content (AvgIpc) is 2.01. The lowest BCUT2D eigenvalue weighted by Gasteiger charge is -2.12. The third-order valence-corrected chi connectivity index (χ3v) is 1.54. The second-order valence-corrected chi connectivity index (χ2v) is 3.65. The minimum absolute atomic E-state index is 0.159. The predicted molar refractivity (Wildman–Crippen MR) is 55.8 cm³/mol. The van der Waals surface area contributed by atoms with E-state index >= 15 is 0 Å². The van der Waals surface area contributed by atoms with Gasteiger partial charge in [-0.15, -0.1) is 11.6 Å². The molecular weight excluding hydrogens is 204 g/mol. The molecule has 0 fully saturated rings. The topological polar surface area (TPSA) is 80.0 Å². The van der Waals surface area contributed by atoms with E-state index in [2.05, 4.69) is 20.4 Å². The smallest absolute Gasteiger partial charge is 0.242 e. The van der Waals surface area contributed by atoms with Gasteiger partial charge in [0.15, 0.2) is 5.82 Å². The van der Waals surface area contributed by atoms with Crippen molar-refractivity contribution in [3.8, 4) is 0 Å². The molecule has 0 saturated carbocycles. The number of aromatic nitrogens is 3. The standard InChI is InChI=1S/C7H13ClN6/c1-4(8)5-10-6(9)12-7(11-5)13-14(2)3/h4H,1-3H3,(H3,9,10,11,12,13). The highest BCUT2D eigenvalue weighted by Gasteiger charge is 2.09. The Morgan fingerprint density at radius 2 is 2.00 bits per heavy atom. The number of nitrogens with zero attached hydrogens (tertiary/aromatic N) is 4. The molecule has 6 nitrogen and oxygen atoms in total. The first-order chi connectivity index (χ1) is 6.49. The van der Waals surface area contributed by atoms with Crippen molar-refractivity contribution in [1.82, 2.24) is 20.0 Å². The van der Waals surface area contributed by atoms with Gasteiger partial charge in [-0.1, -0.05) is 0 Å². The lowest BCUT2D eigenvalue weighted by atomic mass is 10.4. The van der Waals surface area contributed by atoms with Crippen LogP contribution in [0, 0.1) is 0 Å². The third kappa shape index (κ3) is 2.97. The number of rotatable bonds is 3. The number of hydrogen-bond donors (Lipinski definition) is 2. The minimum Gasteiger partial charge on any atom is -0.368 e. The second-order valence-electron chi connectivity index (χ2n) is 3.00. The van der Waals surface area contributed by atoms with E-state index in [1.54, 1.807) is 11.9 Å². The molecule has 1 aromatic heterocycles. The summed E-state index contributed by atoms with van der Waals surface area (Å²) in [7, 11) is 3.65. The van der Waals surface area contributed by atoms with Gasteiger partial charge in [0, 0.05) is 14.1 Å². The van der Waals surface area contributed by atoms with Gasteiger partial charge < -0.3 is 5.73 Å². The number of anilines is 2. The fourth-order valence-electron chi connectivity index (χ4n) is 0.837. The molecule has 3 N–H and O–H groups in total. The van der Waals surface area contributed by atoms with Gasteiger partial charge in [-0.25, -0.2) is 5.01 Å². The SMILES string of the molecule is CC(Cl)c1nc(N)nc(NN(C)C)n1. The molecule has 1 aromatic rings. The van der Waals surface area contributed by atoms with Crippen molar-refractivity contribution in [3.63, 3.8) is 0 Å². The monoisotopic (exact) mass is 216 g/mol. The predicted octanol–water partition coefficient (Wildman–Crippen LogP) is 0.642. The van der Waals surface area contributed by atoms with Crippen LogP contribution in [-0.4, -0.2) is 34.1 Å². The van der Waals surface area contributed by atoms with Crippen LogP contribution >= 0.6 is 11.6 Å². The molecule has 1 rings (SSSR count). The first-order valence-corrected chi connectivity index (χ1v) is 4.52. The molecule has 0 aliphatic heterocycles. The molecule has 0 amide bonds. The highest BCUT2D eigenvalue weighted by Crippen LogP contribution is 2.16. The molecule has 0 radical (unpaired) electrons. The van der Waals surface area contributed by atoms with Gasteiger partial charge in [0.2, 0.25) is 11.9 Å². The van der Waals surface area contributed by atoms with Crippen LogP contribution in [-0.2, 0) is 0 Å². The first-order valence-electron chi connectivity index (χ1n) is 4.08. The zero-order valence-corrected chi connectivity index (χ0v) is 9.08. The van der Waals surface area contributed by atoms with Gasteiger partial charge in [-0.05, 0) is 6.92 Å². The van der Waals surface area contributed by atoms with Gasteiger partial charge in [0.05, 0.1) is 5.38 Å². The summed E-state index contributed by atoms with van der Waals surface area (Å²) in [5.74, 6) is 1.01. The van der Waals surface area contributed by atoms with Gasteiger partial charge in [-0.3, -0.25) is 5.43 Å². The Morgan fingerprint density at radius 3 is 2.50 bits per heavy atom. The maximum absolute atomic E-state index is 5.83. The van der Waals surface area contributed by atoms with Crippen molar-refractivity contribution in [2.75, 3.05) is 25.3 Å². The maximum Gasteiger partial charge on any atom is 0.242 e. The highest BCUT2D eigenvalue weighted by atomic mass is 35.5. The van der Waals surface area contributed by atoms with E-state index in [1.165, 1.54) is 0 Å². The molecular formula is C7H13ClN6. The molecule has 14 heavy (non-hydrogen) atoms. The van der Waals surface area contributed by atoms with Crippen LogP contribution in [0.15, 0.2) is 0 Å². The van der Waals surface area contributed by atoms with Crippen LogP contribution in [0.2, 0.25) is 0 Å². The largest absolute Gasteiger partial charge is 0.368 e. The Kier molecular flexibility index (Phi) is 3.43. The average molecular weight is 217 g/mol. The Balaban J connectivity index is 2.95. The van der Waals surface area contributed by atoms with E-state index in [0.717, 1.165) is 0 Å². The maximum atomic E-state index is 5.83. The Bertz CT molecular complexity index is 313. The molecule has 1 unspecified atom stereocenters. The van der Waals surface area contributed by atoms with Crippen LogP contribution in [0.1, 0.15) is 18.1 Å². The fraction of sp³-hybridized carbons (Fsp3) is 0.571. The number of nitrogen functional groups attached to an aromatic ring is 1. The Labute approximate surface area is 87.5 Å². The molecule has 0 spiro atoms. The van der Waals surface area contributed by atoms with Gasteiger partial charge in [0.1, 0.15) is 0 Å². The summed E-state index contributed by atoms with van der Waals surface area (Å²) < 4.78 is 0. The zero-order chi connectivity index (χ0) is 10.7. The van der Waals surface area contributed by atoms with E-state index in [9.17, 15) is 0 Å². The van der Waals surface area contributed by atoms with Crippen LogP contribution in [0.5, 0.6) is 0 Å². The number of hydrazine groups is 1. The van der Waals surface area contributed by atoms with Crippen molar-refractivity contribution in [1.29, 1.82) is 0 Å². The van der Waals surface area contributed by atoms with Crippen molar-refractivity contribution < 1.29 is 0 Å². The summed E-state index contributed by atoms with van der Waals surface area (Å²) in [6.07, 6.45) is 0. The number of nitrogens with two attached hydrogens (primary N) is 1. The number of nitrogens with one attached hydrogen (secondary N) is 1. The normalized spacial score (nSPS) is 12.9. The first kappa shape index (κ1) is 10.9. The lowest BCUT2D eigenvalue weighted by molar-refractivity contribution is 0.488. The number of alkyl halides is 1. The summed E-state index contributed by atoms with van der Waals surface area (Å²) in [5.41, 5.74) is 8.37. The quantitative estimate of drug-likeness (QED) is 0.570. The molecule has 0 aliphatic rings. The summed E-state index contributed by atoms with van der Waals surface area (Å²) >= 11 is 5.83. The number of hydrogen-bond acceptors (Lipinski definition) is 6. The summed E-state index contributed by atoms with van der Waals surface area (Å²) in [5, 5.41) is 1.42. The molecule has 78 valence electrons. The molecule has 1 heterocycles. The van der Waals surface area contributed by atoms with E-state index < -0.39 is 0 Å². The Morgan fingerprint density at radius 1 is 1.36 bits per heavy atom. The lowest BCUT2D eigenvalue weighted by Crippen LogP contribution is -2.22. The van der Waals surface area contributed by atoms with Crippen molar-refractivity contribution in [2.24, 2.45) is 0 Å². The van der Waals surface area contributed by atoms with Gasteiger partial charge >= 0.3 is 0 Å². The fourth-order valence-corrected chi connectivity index (χ4v) is 0.935. The summed E-state index contributed by atoms with van der Waals surface area (Å²) in [6.45, 7) is 1.77. The van der Waals surface area contributed by atoms with E-state index in [4.69, 9.17) is 17.3 Å². The third-order valence-electron chi connectivity index (χ3n) is 1.35. The van der Waals surface area contributed by atoms with Crippen molar-refractivity contribution >= 4 is 23.5 Å². The molecule has 1 atom stereocenters. The van der Waals surface area contributed by atoms with E-state index in [0.29, 0.717) is 11.8 Å². The number of halogens is 1. The summed E-state index contributed by atoms with van der Waals surface area (Å²) in [4.78, 5) is 11.9. The summed E-state index contributed by atoms with van der Waals surface area (Å²) in [6, 6.07) is 0. The van der Waals surface area contributed by atoms with Crippen LogP contribution < -0.4 is 11.2 Å². The molecule has 0 bridgehead atoms. The Hall–Kier alpha value is -1.14.